The van der Waals surface area contributed by atoms with Crippen LogP contribution in [0.25, 0.3) is 0 Å². The van der Waals surface area contributed by atoms with E-state index in [1.54, 1.807) is 6.20 Å². The lowest BCUT2D eigenvalue weighted by molar-refractivity contribution is 0.0550. The van der Waals surface area contributed by atoms with E-state index in [1.807, 2.05) is 24.0 Å². The zero-order valence-corrected chi connectivity index (χ0v) is 12.0. The monoisotopic (exact) mass is 261 g/mol. The van der Waals surface area contributed by atoms with Gasteiger partial charge in [0.05, 0.1) is 5.56 Å². The Kier molecular flexibility index (Phi) is 4.40. The molecule has 1 aromatic rings. The minimum absolute atomic E-state index is 0.106. The normalized spacial score (nSPS) is 23.2. The average molecular weight is 261 g/mol. The van der Waals surface area contributed by atoms with E-state index in [4.69, 9.17) is 0 Å². The summed E-state index contributed by atoms with van der Waals surface area (Å²) in [5, 5.41) is 3.13. The van der Waals surface area contributed by atoms with Crippen molar-refractivity contribution in [3.63, 3.8) is 0 Å². The quantitative estimate of drug-likeness (QED) is 0.910. The van der Waals surface area contributed by atoms with Crippen molar-refractivity contribution >= 4 is 11.7 Å². The fraction of sp³-hybridized carbons (Fsp3) is 0.600. The zero-order valence-electron chi connectivity index (χ0n) is 12.0. The van der Waals surface area contributed by atoms with Gasteiger partial charge >= 0.3 is 0 Å². The molecular weight excluding hydrogens is 238 g/mol. The Bertz CT molecular complexity index is 430. The third kappa shape index (κ3) is 3.06. The molecule has 104 valence electrons. The molecule has 0 aliphatic carbocycles. The molecule has 4 nitrogen and oxygen atoms in total. The fourth-order valence-electron chi connectivity index (χ4n) is 2.59. The minimum Gasteiger partial charge on any atom is -0.370 e. The highest BCUT2D eigenvalue weighted by molar-refractivity contribution is 5.94. The van der Waals surface area contributed by atoms with Gasteiger partial charge in [-0.1, -0.05) is 6.92 Å². The van der Waals surface area contributed by atoms with Crippen LogP contribution >= 0.6 is 0 Å². The Morgan fingerprint density at radius 2 is 2.26 bits per heavy atom. The van der Waals surface area contributed by atoms with Crippen molar-refractivity contribution in [2.45, 2.75) is 39.7 Å². The van der Waals surface area contributed by atoms with Crippen LogP contribution in [0.5, 0.6) is 0 Å². The molecule has 1 aliphatic heterocycles. The second-order valence-corrected chi connectivity index (χ2v) is 5.32. The summed E-state index contributed by atoms with van der Waals surface area (Å²) in [5.41, 5.74) is 0.683. The second-order valence-electron chi connectivity index (χ2n) is 5.32. The Hall–Kier alpha value is -1.58. The average Bonchev–Trinajstić information content (AvgIpc) is 2.42. The Morgan fingerprint density at radius 1 is 1.47 bits per heavy atom. The molecule has 1 aromatic heterocycles. The van der Waals surface area contributed by atoms with Gasteiger partial charge in [-0.25, -0.2) is 4.98 Å². The number of amides is 1. The van der Waals surface area contributed by atoms with Crippen LogP contribution < -0.4 is 5.32 Å². The lowest BCUT2D eigenvalue weighted by Gasteiger charge is -2.37. The molecule has 2 heterocycles. The Morgan fingerprint density at radius 3 is 2.89 bits per heavy atom. The lowest BCUT2D eigenvalue weighted by atomic mass is 9.91. The predicted molar refractivity (Wildman–Crippen MR) is 77.3 cm³/mol. The van der Waals surface area contributed by atoms with E-state index in [-0.39, 0.29) is 5.91 Å². The third-order valence-corrected chi connectivity index (χ3v) is 4.00. The summed E-state index contributed by atoms with van der Waals surface area (Å²) in [6.45, 7) is 8.08. The summed E-state index contributed by atoms with van der Waals surface area (Å²) in [6.07, 6.45) is 3.98. The smallest absolute Gasteiger partial charge is 0.255 e. The molecule has 1 saturated heterocycles. The Labute approximate surface area is 115 Å². The predicted octanol–water partition coefficient (Wildman–Crippen LogP) is 2.77. The van der Waals surface area contributed by atoms with E-state index in [9.17, 15) is 4.79 Å². The number of rotatable bonds is 3. The van der Waals surface area contributed by atoms with Crippen LogP contribution in [0.4, 0.5) is 5.82 Å². The lowest BCUT2D eigenvalue weighted by Crippen LogP contribution is -2.46. The molecule has 2 atom stereocenters. The van der Waals surface area contributed by atoms with Crippen LogP contribution in [0.1, 0.15) is 44.0 Å². The number of carbonyl (C=O) groups is 1. The van der Waals surface area contributed by atoms with Crippen molar-refractivity contribution in [2.75, 3.05) is 18.4 Å². The molecule has 1 aliphatic rings. The molecule has 1 fully saturated rings. The van der Waals surface area contributed by atoms with E-state index < -0.39 is 0 Å². The van der Waals surface area contributed by atoms with Crippen LogP contribution in [-0.2, 0) is 0 Å². The number of piperidine rings is 1. The van der Waals surface area contributed by atoms with Crippen molar-refractivity contribution < 1.29 is 4.79 Å². The van der Waals surface area contributed by atoms with Crippen molar-refractivity contribution in [1.82, 2.24) is 9.88 Å². The highest BCUT2D eigenvalue weighted by Gasteiger charge is 2.28. The number of nitrogens with zero attached hydrogens (tertiary/aromatic N) is 2. The van der Waals surface area contributed by atoms with Crippen molar-refractivity contribution in [3.05, 3.63) is 23.9 Å². The summed E-state index contributed by atoms with van der Waals surface area (Å²) >= 11 is 0. The first kappa shape index (κ1) is 13.8. The fourth-order valence-corrected chi connectivity index (χ4v) is 2.59. The van der Waals surface area contributed by atoms with Crippen molar-refractivity contribution in [3.8, 4) is 0 Å². The number of carbonyl (C=O) groups excluding carboxylic acids is 1. The third-order valence-electron chi connectivity index (χ3n) is 4.00. The van der Waals surface area contributed by atoms with Crippen LogP contribution in [0, 0.1) is 5.92 Å². The zero-order chi connectivity index (χ0) is 13.8. The molecular formula is C15H23N3O. The molecule has 4 heteroatoms. The first-order valence-electron chi connectivity index (χ1n) is 7.14. The van der Waals surface area contributed by atoms with Gasteiger partial charge in [0, 0.05) is 25.3 Å². The van der Waals surface area contributed by atoms with E-state index in [1.165, 1.54) is 6.42 Å². The minimum atomic E-state index is 0.106. The number of likely N-dealkylation sites (tertiary alicyclic amines) is 1. The van der Waals surface area contributed by atoms with Crippen molar-refractivity contribution in [1.29, 1.82) is 0 Å². The van der Waals surface area contributed by atoms with Crippen LogP contribution in [0.2, 0.25) is 0 Å². The number of hydrogen-bond donors (Lipinski definition) is 1. The van der Waals surface area contributed by atoms with Crippen LogP contribution in [0.3, 0.4) is 0 Å². The topological polar surface area (TPSA) is 45.2 Å². The molecule has 1 amide bonds. The maximum atomic E-state index is 12.5. The molecule has 2 unspecified atom stereocenters. The van der Waals surface area contributed by atoms with Crippen LogP contribution in [0.15, 0.2) is 18.3 Å². The highest BCUT2D eigenvalue weighted by Crippen LogP contribution is 2.24. The standard InChI is InChI=1S/C15H23N3O/c1-4-16-14-8-7-13(10-17-14)15(19)18-9-5-6-11(2)12(18)3/h7-8,10-12H,4-6,9H2,1-3H3,(H,16,17). The van der Waals surface area contributed by atoms with Gasteiger partial charge in [-0.15, -0.1) is 0 Å². The van der Waals surface area contributed by atoms with Gasteiger partial charge in [-0.3, -0.25) is 4.79 Å². The van der Waals surface area contributed by atoms with Gasteiger partial charge in [0.2, 0.25) is 0 Å². The van der Waals surface area contributed by atoms with Gasteiger partial charge < -0.3 is 10.2 Å². The molecule has 0 spiro atoms. The van der Waals surface area contributed by atoms with E-state index >= 15 is 0 Å². The molecule has 0 aromatic carbocycles. The molecule has 0 bridgehead atoms. The van der Waals surface area contributed by atoms with E-state index in [0.29, 0.717) is 17.5 Å². The van der Waals surface area contributed by atoms with Gasteiger partial charge in [0.25, 0.3) is 5.91 Å². The summed E-state index contributed by atoms with van der Waals surface area (Å²) in [4.78, 5) is 18.7. The first-order valence-corrected chi connectivity index (χ1v) is 7.14. The van der Waals surface area contributed by atoms with Crippen LogP contribution in [-0.4, -0.2) is 34.9 Å². The van der Waals surface area contributed by atoms with Gasteiger partial charge in [-0.2, -0.15) is 0 Å². The van der Waals surface area contributed by atoms with E-state index in [0.717, 1.165) is 25.3 Å². The number of hydrogen-bond acceptors (Lipinski definition) is 3. The number of anilines is 1. The summed E-state index contributed by atoms with van der Waals surface area (Å²) in [7, 11) is 0. The summed E-state index contributed by atoms with van der Waals surface area (Å²) in [5.74, 6) is 1.50. The second kappa shape index (κ2) is 6.04. The maximum absolute atomic E-state index is 12.5. The largest absolute Gasteiger partial charge is 0.370 e. The summed E-state index contributed by atoms with van der Waals surface area (Å²) < 4.78 is 0. The highest BCUT2D eigenvalue weighted by atomic mass is 16.2. The van der Waals surface area contributed by atoms with Crippen molar-refractivity contribution in [2.24, 2.45) is 5.92 Å². The number of pyridine rings is 1. The molecule has 2 rings (SSSR count). The van der Waals surface area contributed by atoms with Gasteiger partial charge in [0.15, 0.2) is 0 Å². The van der Waals surface area contributed by atoms with Gasteiger partial charge in [-0.05, 0) is 44.7 Å². The SMILES string of the molecule is CCNc1ccc(C(=O)N2CCCC(C)C2C)cn1. The number of nitrogens with one attached hydrogen (secondary N) is 1. The molecule has 0 saturated carbocycles. The maximum Gasteiger partial charge on any atom is 0.255 e. The molecule has 19 heavy (non-hydrogen) atoms. The molecule has 0 radical (unpaired) electrons. The first-order chi connectivity index (χ1) is 9.13. The summed E-state index contributed by atoms with van der Waals surface area (Å²) in [6, 6.07) is 4.04. The molecule has 1 N–H and O–H groups in total. The van der Waals surface area contributed by atoms with Gasteiger partial charge in [0.1, 0.15) is 5.82 Å². The number of aromatic nitrogens is 1. The Balaban J connectivity index is 2.10. The van der Waals surface area contributed by atoms with E-state index in [2.05, 4.69) is 24.1 Å².